The molecule has 1 heterocycles. The summed E-state index contributed by atoms with van der Waals surface area (Å²) in [6.07, 6.45) is 0. The number of para-hydroxylation sites is 1. The van der Waals surface area contributed by atoms with Crippen molar-refractivity contribution in [3.05, 3.63) is 98.1 Å². The number of aromatic nitrogens is 2. The van der Waals surface area contributed by atoms with Crippen LogP contribution in [0.15, 0.2) is 65.5 Å². The lowest BCUT2D eigenvalue weighted by atomic mass is 10.1. The normalized spacial score (nSPS) is 11.1. The molecule has 0 N–H and O–H groups in total. The lowest BCUT2D eigenvalue weighted by Gasteiger charge is -2.13. The van der Waals surface area contributed by atoms with E-state index in [-0.39, 0.29) is 23.2 Å². The Hall–Kier alpha value is -2.76. The molecule has 28 heavy (non-hydrogen) atoms. The first kappa shape index (κ1) is 18.6. The van der Waals surface area contributed by atoms with Crippen LogP contribution in [-0.2, 0) is 6.54 Å². The maximum absolute atomic E-state index is 14.2. The van der Waals surface area contributed by atoms with Crippen LogP contribution in [0.1, 0.15) is 5.56 Å². The van der Waals surface area contributed by atoms with Gasteiger partial charge in [0.2, 0.25) is 5.43 Å². The summed E-state index contributed by atoms with van der Waals surface area (Å²) in [5, 5.41) is 5.60. The summed E-state index contributed by atoms with van der Waals surface area (Å²) >= 11 is 12.1. The van der Waals surface area contributed by atoms with Crippen LogP contribution in [0.25, 0.3) is 22.2 Å². The fraction of sp³-hybridized carbons (Fsp3) is 0.0476. The van der Waals surface area contributed by atoms with Gasteiger partial charge in [-0.3, -0.25) is 9.48 Å². The number of benzene rings is 3. The molecule has 0 fully saturated rings. The van der Waals surface area contributed by atoms with Crippen LogP contribution < -0.4 is 5.43 Å². The number of hydrogen-bond donors (Lipinski definition) is 0. The van der Waals surface area contributed by atoms with Gasteiger partial charge in [0.1, 0.15) is 17.3 Å². The molecule has 1 aromatic heterocycles. The van der Waals surface area contributed by atoms with Gasteiger partial charge in [0.05, 0.1) is 12.1 Å². The molecule has 3 aromatic carbocycles. The number of rotatable bonds is 3. The second-order valence-electron chi connectivity index (χ2n) is 6.25. The molecule has 4 aromatic rings. The molecule has 3 nitrogen and oxygen atoms in total. The van der Waals surface area contributed by atoms with Crippen LogP contribution in [-0.4, -0.2) is 9.78 Å². The molecule has 0 unspecified atom stereocenters. The summed E-state index contributed by atoms with van der Waals surface area (Å²) in [4.78, 5) is 13.0. The Labute approximate surface area is 168 Å². The highest BCUT2D eigenvalue weighted by molar-refractivity contribution is 6.35. The summed E-state index contributed by atoms with van der Waals surface area (Å²) in [5.74, 6) is -1.34. The molecule has 140 valence electrons. The molecular weight excluding hydrogens is 405 g/mol. The van der Waals surface area contributed by atoms with Gasteiger partial charge in [-0.1, -0.05) is 41.4 Å². The quantitative estimate of drug-likeness (QED) is 0.429. The second kappa shape index (κ2) is 7.34. The standard InChI is InChI=1S/C21H12Cl2F2N2O/c22-14-7-13(8-15(23)9-14)20-21(28)17-3-1-2-4-19(17)27(26-20)11-12-5-6-16(24)10-18(12)25/h1-10H,11H2. The number of fused-ring (bicyclic) bond motifs is 1. The molecule has 7 heteroatoms. The van der Waals surface area contributed by atoms with E-state index in [0.717, 1.165) is 6.07 Å². The van der Waals surface area contributed by atoms with Crippen molar-refractivity contribution in [2.75, 3.05) is 0 Å². The first-order valence-corrected chi connectivity index (χ1v) is 9.08. The molecular formula is C21H12Cl2F2N2O. The van der Waals surface area contributed by atoms with Crippen LogP contribution in [0.5, 0.6) is 0 Å². The molecule has 0 aliphatic heterocycles. The minimum absolute atomic E-state index is 0.0220. The summed E-state index contributed by atoms with van der Waals surface area (Å²) in [6, 6.07) is 15.0. The van der Waals surface area contributed by atoms with Crippen molar-refractivity contribution in [2.24, 2.45) is 0 Å². The highest BCUT2D eigenvalue weighted by Crippen LogP contribution is 2.26. The van der Waals surface area contributed by atoms with Crippen molar-refractivity contribution in [3.8, 4) is 11.3 Å². The molecule has 0 atom stereocenters. The summed E-state index contributed by atoms with van der Waals surface area (Å²) in [5.41, 5.74) is 1.10. The summed E-state index contributed by atoms with van der Waals surface area (Å²) in [7, 11) is 0. The Bertz CT molecular complexity index is 1250. The Balaban J connectivity index is 1.95. The van der Waals surface area contributed by atoms with E-state index in [0.29, 0.717) is 26.5 Å². The molecule has 0 aliphatic rings. The minimum atomic E-state index is -0.683. The minimum Gasteiger partial charge on any atom is -0.287 e. The fourth-order valence-electron chi connectivity index (χ4n) is 3.05. The average Bonchev–Trinajstić information content (AvgIpc) is 2.65. The SMILES string of the molecule is O=c1c(-c2cc(Cl)cc(Cl)c2)nn(Cc2ccc(F)cc2F)c2ccccc12. The number of hydrogen-bond acceptors (Lipinski definition) is 2. The Kier molecular flexibility index (Phi) is 4.87. The second-order valence-corrected chi connectivity index (χ2v) is 7.12. The Morgan fingerprint density at radius 2 is 1.64 bits per heavy atom. The topological polar surface area (TPSA) is 34.9 Å². The third-order valence-corrected chi connectivity index (χ3v) is 4.77. The van der Waals surface area contributed by atoms with Crippen molar-refractivity contribution < 1.29 is 8.78 Å². The lowest BCUT2D eigenvalue weighted by Crippen LogP contribution is -2.17. The van der Waals surface area contributed by atoms with E-state index < -0.39 is 11.6 Å². The van der Waals surface area contributed by atoms with E-state index in [2.05, 4.69) is 5.10 Å². The van der Waals surface area contributed by atoms with Crippen LogP contribution in [0.3, 0.4) is 0 Å². The molecule has 0 amide bonds. The zero-order chi connectivity index (χ0) is 19.8. The zero-order valence-corrected chi connectivity index (χ0v) is 15.8. The van der Waals surface area contributed by atoms with Gasteiger partial charge in [-0.2, -0.15) is 5.10 Å². The Morgan fingerprint density at radius 3 is 2.36 bits per heavy atom. The van der Waals surface area contributed by atoms with E-state index in [1.807, 2.05) is 0 Å². The highest BCUT2D eigenvalue weighted by atomic mass is 35.5. The van der Waals surface area contributed by atoms with Crippen molar-refractivity contribution in [3.63, 3.8) is 0 Å². The van der Waals surface area contributed by atoms with Gasteiger partial charge in [-0.25, -0.2) is 8.78 Å². The van der Waals surface area contributed by atoms with E-state index in [1.54, 1.807) is 42.5 Å². The average molecular weight is 417 g/mol. The van der Waals surface area contributed by atoms with E-state index in [4.69, 9.17) is 23.2 Å². The van der Waals surface area contributed by atoms with Crippen LogP contribution >= 0.6 is 23.2 Å². The maximum atomic E-state index is 14.2. The smallest absolute Gasteiger partial charge is 0.215 e. The molecule has 0 aliphatic carbocycles. The van der Waals surface area contributed by atoms with Crippen LogP contribution in [0, 0.1) is 11.6 Å². The van der Waals surface area contributed by atoms with Crippen molar-refractivity contribution in [2.45, 2.75) is 6.54 Å². The van der Waals surface area contributed by atoms with Crippen LogP contribution in [0.4, 0.5) is 8.78 Å². The predicted octanol–water partition coefficient (Wildman–Crippen LogP) is 5.70. The van der Waals surface area contributed by atoms with Gasteiger partial charge >= 0.3 is 0 Å². The van der Waals surface area contributed by atoms with Gasteiger partial charge < -0.3 is 0 Å². The van der Waals surface area contributed by atoms with Gasteiger partial charge in [-0.05, 0) is 36.4 Å². The van der Waals surface area contributed by atoms with Gasteiger partial charge in [0, 0.05) is 32.6 Å². The lowest BCUT2D eigenvalue weighted by molar-refractivity contribution is 0.560. The molecule has 4 rings (SSSR count). The van der Waals surface area contributed by atoms with Crippen molar-refractivity contribution in [1.29, 1.82) is 0 Å². The molecule has 0 spiro atoms. The molecule has 0 saturated heterocycles. The predicted molar refractivity (Wildman–Crippen MR) is 107 cm³/mol. The third kappa shape index (κ3) is 3.51. The van der Waals surface area contributed by atoms with Crippen molar-refractivity contribution in [1.82, 2.24) is 9.78 Å². The zero-order valence-electron chi connectivity index (χ0n) is 14.3. The fourth-order valence-corrected chi connectivity index (χ4v) is 3.58. The monoisotopic (exact) mass is 416 g/mol. The van der Waals surface area contributed by atoms with E-state index in [1.165, 1.54) is 16.8 Å². The van der Waals surface area contributed by atoms with Crippen molar-refractivity contribution >= 4 is 34.1 Å². The van der Waals surface area contributed by atoms with E-state index >= 15 is 0 Å². The maximum Gasteiger partial charge on any atom is 0.215 e. The van der Waals surface area contributed by atoms with E-state index in [9.17, 15) is 13.6 Å². The molecule has 0 bridgehead atoms. The van der Waals surface area contributed by atoms with Gasteiger partial charge in [-0.15, -0.1) is 0 Å². The van der Waals surface area contributed by atoms with Crippen LogP contribution in [0.2, 0.25) is 10.0 Å². The third-order valence-electron chi connectivity index (χ3n) is 4.33. The summed E-state index contributed by atoms with van der Waals surface area (Å²) < 4.78 is 28.9. The first-order chi connectivity index (χ1) is 13.4. The first-order valence-electron chi connectivity index (χ1n) is 8.32. The van der Waals surface area contributed by atoms with Gasteiger partial charge in [0.25, 0.3) is 0 Å². The molecule has 0 saturated carbocycles. The highest BCUT2D eigenvalue weighted by Gasteiger charge is 2.15. The number of nitrogens with zero attached hydrogens (tertiary/aromatic N) is 2. The summed E-state index contributed by atoms with van der Waals surface area (Å²) in [6.45, 7) is 0.0220. The molecule has 0 radical (unpaired) electrons. The Morgan fingerprint density at radius 1 is 0.929 bits per heavy atom. The van der Waals surface area contributed by atoms with Gasteiger partial charge in [0.15, 0.2) is 0 Å². The number of halogens is 4. The largest absolute Gasteiger partial charge is 0.287 e.